The van der Waals surface area contributed by atoms with Gasteiger partial charge in [0, 0.05) is 22.7 Å². The summed E-state index contributed by atoms with van der Waals surface area (Å²) < 4.78 is 1.67. The molecule has 0 saturated carbocycles. The van der Waals surface area contributed by atoms with Gasteiger partial charge in [-0.2, -0.15) is 0 Å². The number of hydrogen-bond acceptors (Lipinski definition) is 5. The quantitative estimate of drug-likeness (QED) is 0.345. The summed E-state index contributed by atoms with van der Waals surface area (Å²) in [6.07, 6.45) is 1.81. The van der Waals surface area contributed by atoms with Crippen LogP contribution in [0.25, 0.3) is 33.4 Å². The Balaban J connectivity index is 1.44. The number of nitrogens with zero attached hydrogens (tertiary/aromatic N) is 4. The van der Waals surface area contributed by atoms with Crippen LogP contribution in [0, 0.1) is 0 Å². The van der Waals surface area contributed by atoms with Gasteiger partial charge >= 0.3 is 0 Å². The molecule has 5 aromatic rings. The lowest BCUT2D eigenvalue weighted by molar-refractivity contribution is 0.0947. The van der Waals surface area contributed by atoms with Gasteiger partial charge in [-0.3, -0.25) is 9.36 Å². The van der Waals surface area contributed by atoms with E-state index < -0.39 is 0 Å². The second kappa shape index (κ2) is 8.53. The third-order valence-electron chi connectivity index (χ3n) is 4.95. The summed E-state index contributed by atoms with van der Waals surface area (Å²) in [5, 5.41) is 10.3. The van der Waals surface area contributed by atoms with E-state index >= 15 is 0 Å². The van der Waals surface area contributed by atoms with Crippen LogP contribution in [0.2, 0.25) is 0 Å². The number of carbonyl (C=O) groups excluding carboxylic acids is 1. The highest BCUT2D eigenvalue weighted by Crippen LogP contribution is 2.29. The fourth-order valence-electron chi connectivity index (χ4n) is 3.46. The SMILES string of the molecule is O=C(CSc1nnc(-c2ccccc2)c(-c2ccccc2)n1)n1ccc2ccccc21. The van der Waals surface area contributed by atoms with Crippen LogP contribution in [-0.4, -0.2) is 31.4 Å². The van der Waals surface area contributed by atoms with Crippen LogP contribution < -0.4 is 0 Å². The van der Waals surface area contributed by atoms with Gasteiger partial charge in [0.05, 0.1) is 11.3 Å². The summed E-state index contributed by atoms with van der Waals surface area (Å²) >= 11 is 1.29. The first-order chi connectivity index (χ1) is 15.3. The van der Waals surface area contributed by atoms with E-state index in [-0.39, 0.29) is 11.7 Å². The van der Waals surface area contributed by atoms with Gasteiger partial charge in [0.2, 0.25) is 11.1 Å². The lowest BCUT2D eigenvalue weighted by atomic mass is 10.0. The maximum absolute atomic E-state index is 12.8. The third-order valence-corrected chi connectivity index (χ3v) is 5.78. The van der Waals surface area contributed by atoms with Crippen molar-refractivity contribution in [2.24, 2.45) is 0 Å². The summed E-state index contributed by atoms with van der Waals surface area (Å²) in [5.41, 5.74) is 4.28. The van der Waals surface area contributed by atoms with Crippen molar-refractivity contribution in [2.75, 3.05) is 5.75 Å². The minimum Gasteiger partial charge on any atom is -0.287 e. The molecule has 0 saturated heterocycles. The van der Waals surface area contributed by atoms with Crippen molar-refractivity contribution >= 4 is 28.6 Å². The molecule has 5 nitrogen and oxygen atoms in total. The van der Waals surface area contributed by atoms with E-state index in [1.54, 1.807) is 10.8 Å². The van der Waals surface area contributed by atoms with Crippen molar-refractivity contribution in [2.45, 2.75) is 5.16 Å². The summed E-state index contributed by atoms with van der Waals surface area (Å²) in [6, 6.07) is 29.6. The average Bonchev–Trinajstić information content (AvgIpc) is 3.28. The summed E-state index contributed by atoms with van der Waals surface area (Å²) in [7, 11) is 0. The number of para-hydroxylation sites is 1. The number of aromatic nitrogens is 4. The van der Waals surface area contributed by atoms with Crippen molar-refractivity contribution in [3.05, 3.63) is 97.2 Å². The molecule has 2 aromatic heterocycles. The predicted molar refractivity (Wildman–Crippen MR) is 124 cm³/mol. The zero-order valence-corrected chi connectivity index (χ0v) is 17.4. The van der Waals surface area contributed by atoms with Crippen molar-refractivity contribution in [3.8, 4) is 22.5 Å². The molecule has 0 spiro atoms. The maximum atomic E-state index is 12.8. The zero-order valence-electron chi connectivity index (χ0n) is 16.6. The normalized spacial score (nSPS) is 11.0. The Kier molecular flexibility index (Phi) is 5.29. The van der Waals surface area contributed by atoms with Crippen LogP contribution in [0.15, 0.2) is 102 Å². The smallest absolute Gasteiger partial charge is 0.241 e. The minimum absolute atomic E-state index is 0.0248. The highest BCUT2D eigenvalue weighted by Gasteiger charge is 2.15. The first-order valence-electron chi connectivity index (χ1n) is 9.87. The van der Waals surface area contributed by atoms with Crippen molar-refractivity contribution in [1.29, 1.82) is 0 Å². The Bertz CT molecular complexity index is 1350. The zero-order chi connectivity index (χ0) is 21.0. The van der Waals surface area contributed by atoms with Crippen LogP contribution >= 0.6 is 11.8 Å². The van der Waals surface area contributed by atoms with Crippen molar-refractivity contribution in [3.63, 3.8) is 0 Å². The Morgan fingerprint density at radius 1 is 0.742 bits per heavy atom. The molecule has 0 aliphatic heterocycles. The molecule has 0 unspecified atom stereocenters. The van der Waals surface area contributed by atoms with Crippen LogP contribution in [0.3, 0.4) is 0 Å². The summed E-state index contributed by atoms with van der Waals surface area (Å²) in [4.78, 5) is 17.6. The molecular formula is C25H18N4OS. The molecule has 2 heterocycles. The molecule has 0 fully saturated rings. The van der Waals surface area contributed by atoms with Crippen LogP contribution in [-0.2, 0) is 0 Å². The highest BCUT2D eigenvalue weighted by molar-refractivity contribution is 7.99. The number of carbonyl (C=O) groups is 1. The fraction of sp³-hybridized carbons (Fsp3) is 0.0400. The van der Waals surface area contributed by atoms with Crippen LogP contribution in [0.1, 0.15) is 4.79 Å². The molecule has 0 aliphatic rings. The van der Waals surface area contributed by atoms with Gasteiger partial charge in [-0.15, -0.1) is 10.2 Å². The van der Waals surface area contributed by atoms with Gasteiger partial charge in [-0.1, -0.05) is 90.6 Å². The molecule has 0 N–H and O–H groups in total. The molecule has 31 heavy (non-hydrogen) atoms. The predicted octanol–water partition coefficient (Wildman–Crippen LogP) is 5.59. The lowest BCUT2D eigenvalue weighted by Gasteiger charge is -2.09. The Morgan fingerprint density at radius 2 is 1.39 bits per heavy atom. The summed E-state index contributed by atoms with van der Waals surface area (Å²) in [6.45, 7) is 0. The second-order valence-electron chi connectivity index (χ2n) is 6.95. The van der Waals surface area contributed by atoms with E-state index in [4.69, 9.17) is 4.98 Å². The molecule has 0 bridgehead atoms. The molecule has 0 aliphatic carbocycles. The monoisotopic (exact) mass is 422 g/mol. The van der Waals surface area contributed by atoms with E-state index in [1.165, 1.54) is 11.8 Å². The lowest BCUT2D eigenvalue weighted by Crippen LogP contribution is -2.12. The highest BCUT2D eigenvalue weighted by atomic mass is 32.2. The fourth-order valence-corrected chi connectivity index (χ4v) is 4.10. The molecule has 3 aromatic carbocycles. The number of benzene rings is 3. The molecule has 150 valence electrons. The molecule has 0 radical (unpaired) electrons. The van der Waals surface area contributed by atoms with Crippen molar-refractivity contribution in [1.82, 2.24) is 19.7 Å². The molecule has 0 amide bonds. The Labute approximate surface area is 183 Å². The maximum Gasteiger partial charge on any atom is 0.241 e. The second-order valence-corrected chi connectivity index (χ2v) is 7.89. The van der Waals surface area contributed by atoms with Gasteiger partial charge in [-0.25, -0.2) is 4.98 Å². The molecule has 5 rings (SSSR count). The van der Waals surface area contributed by atoms with Gasteiger partial charge < -0.3 is 0 Å². The molecule has 6 heteroatoms. The van der Waals surface area contributed by atoms with E-state index in [9.17, 15) is 4.79 Å². The van der Waals surface area contributed by atoms with Gasteiger partial charge in [0.15, 0.2) is 0 Å². The summed E-state index contributed by atoms with van der Waals surface area (Å²) in [5.74, 6) is 0.197. The van der Waals surface area contributed by atoms with E-state index in [0.717, 1.165) is 33.4 Å². The number of fused-ring (bicyclic) bond motifs is 1. The average molecular weight is 423 g/mol. The van der Waals surface area contributed by atoms with Crippen molar-refractivity contribution < 1.29 is 4.79 Å². The molecule has 0 atom stereocenters. The standard InChI is InChI=1S/C25H18N4OS/c30-22(29-16-15-18-9-7-8-14-21(18)29)17-31-25-26-23(19-10-3-1-4-11-19)24(27-28-25)20-12-5-2-6-13-20/h1-16H,17H2. The largest absolute Gasteiger partial charge is 0.287 e. The van der Waals surface area contributed by atoms with Crippen LogP contribution in [0.4, 0.5) is 0 Å². The van der Waals surface area contributed by atoms with Gasteiger partial charge in [-0.05, 0) is 12.1 Å². The Hall–Kier alpha value is -3.77. The number of rotatable bonds is 5. The third kappa shape index (κ3) is 3.98. The van der Waals surface area contributed by atoms with Gasteiger partial charge in [0.1, 0.15) is 11.4 Å². The van der Waals surface area contributed by atoms with Gasteiger partial charge in [0.25, 0.3) is 0 Å². The topological polar surface area (TPSA) is 60.7 Å². The Morgan fingerprint density at radius 3 is 2.13 bits per heavy atom. The van der Waals surface area contributed by atoms with E-state index in [0.29, 0.717) is 5.16 Å². The van der Waals surface area contributed by atoms with E-state index in [2.05, 4.69) is 10.2 Å². The first-order valence-corrected chi connectivity index (χ1v) is 10.9. The van der Waals surface area contributed by atoms with E-state index in [1.807, 2.05) is 91.0 Å². The number of hydrogen-bond donors (Lipinski definition) is 0. The first kappa shape index (κ1) is 19.2. The van der Waals surface area contributed by atoms with Crippen LogP contribution in [0.5, 0.6) is 0 Å². The minimum atomic E-state index is -0.0248. The molecular weight excluding hydrogens is 404 g/mol. The number of thioether (sulfide) groups is 1.